The average Bonchev–Trinajstić information content (AvgIpc) is 3.01. The van der Waals surface area contributed by atoms with Crippen LogP contribution in [0.15, 0.2) is 29.2 Å². The van der Waals surface area contributed by atoms with Gasteiger partial charge in [-0.05, 0) is 44.2 Å². The van der Waals surface area contributed by atoms with Gasteiger partial charge in [0.25, 0.3) is 0 Å². The van der Waals surface area contributed by atoms with Crippen molar-refractivity contribution in [2.24, 2.45) is 5.41 Å². The second kappa shape index (κ2) is 5.20. The van der Waals surface area contributed by atoms with Gasteiger partial charge in [-0.15, -0.1) is 0 Å². The van der Waals surface area contributed by atoms with Gasteiger partial charge >= 0.3 is 0 Å². The highest BCUT2D eigenvalue weighted by Crippen LogP contribution is 2.49. The third-order valence-corrected chi connectivity index (χ3v) is 6.46. The van der Waals surface area contributed by atoms with Crippen LogP contribution in [-0.4, -0.2) is 24.8 Å². The van der Waals surface area contributed by atoms with Gasteiger partial charge in [0, 0.05) is 0 Å². The topological polar surface area (TPSA) is 37.1 Å². The SMILES string of the molecule is C=C(C)[C@@H]1[C@H](C(C)(C)C)N1S(=O)(=O)c1c(C)cc(C)cc1C. The van der Waals surface area contributed by atoms with Gasteiger partial charge in [0.2, 0.25) is 10.0 Å². The first-order valence-electron chi connectivity index (χ1n) is 7.66. The van der Waals surface area contributed by atoms with Crippen LogP contribution in [0.2, 0.25) is 0 Å². The Morgan fingerprint density at radius 1 is 1.14 bits per heavy atom. The second-order valence-corrected chi connectivity index (χ2v) is 9.44. The zero-order valence-electron chi connectivity index (χ0n) is 14.7. The summed E-state index contributed by atoms with van der Waals surface area (Å²) in [6, 6.07) is 3.76. The third kappa shape index (κ3) is 2.74. The lowest BCUT2D eigenvalue weighted by molar-refractivity contribution is 0.369. The molecule has 0 aliphatic carbocycles. The van der Waals surface area contributed by atoms with Gasteiger partial charge < -0.3 is 0 Å². The van der Waals surface area contributed by atoms with E-state index in [1.165, 1.54) is 0 Å². The molecule has 3 nitrogen and oxygen atoms in total. The quantitative estimate of drug-likeness (QED) is 0.624. The van der Waals surface area contributed by atoms with Crippen molar-refractivity contribution in [3.63, 3.8) is 0 Å². The average molecular weight is 321 g/mol. The maximum Gasteiger partial charge on any atom is 0.244 e. The minimum atomic E-state index is -3.50. The van der Waals surface area contributed by atoms with Gasteiger partial charge in [-0.3, -0.25) is 0 Å². The van der Waals surface area contributed by atoms with Crippen LogP contribution >= 0.6 is 0 Å². The number of sulfonamides is 1. The van der Waals surface area contributed by atoms with E-state index in [0.29, 0.717) is 4.90 Å². The van der Waals surface area contributed by atoms with Gasteiger partial charge in [0.1, 0.15) is 0 Å². The molecule has 22 heavy (non-hydrogen) atoms. The fourth-order valence-corrected chi connectivity index (χ4v) is 5.94. The van der Waals surface area contributed by atoms with E-state index in [2.05, 4.69) is 27.4 Å². The normalized spacial score (nSPS) is 25.1. The monoisotopic (exact) mass is 321 g/mol. The largest absolute Gasteiger partial charge is 0.244 e. The molecule has 0 saturated carbocycles. The van der Waals surface area contributed by atoms with Crippen LogP contribution in [0, 0.1) is 26.2 Å². The Bertz CT molecular complexity index is 703. The van der Waals surface area contributed by atoms with Crippen molar-refractivity contribution < 1.29 is 8.42 Å². The highest BCUT2D eigenvalue weighted by atomic mass is 32.2. The molecule has 0 spiro atoms. The molecule has 2 rings (SSSR count). The molecule has 1 unspecified atom stereocenters. The maximum absolute atomic E-state index is 13.2. The molecular weight excluding hydrogens is 294 g/mol. The smallest absolute Gasteiger partial charge is 0.207 e. The van der Waals surface area contributed by atoms with Crippen molar-refractivity contribution in [3.05, 3.63) is 41.0 Å². The van der Waals surface area contributed by atoms with Crippen LogP contribution in [0.5, 0.6) is 0 Å². The highest BCUT2D eigenvalue weighted by molar-refractivity contribution is 7.89. The molecule has 1 fully saturated rings. The molecule has 0 aromatic heterocycles. The van der Waals surface area contributed by atoms with Gasteiger partial charge in [-0.25, -0.2) is 8.42 Å². The van der Waals surface area contributed by atoms with E-state index < -0.39 is 10.0 Å². The summed E-state index contributed by atoms with van der Waals surface area (Å²) in [6.07, 6.45) is 0. The molecule has 122 valence electrons. The van der Waals surface area contributed by atoms with Gasteiger partial charge in [0.15, 0.2) is 0 Å². The van der Waals surface area contributed by atoms with Crippen LogP contribution in [-0.2, 0) is 10.0 Å². The zero-order chi connectivity index (χ0) is 17.0. The van der Waals surface area contributed by atoms with E-state index in [1.807, 2.05) is 39.8 Å². The van der Waals surface area contributed by atoms with Crippen molar-refractivity contribution in [2.45, 2.75) is 65.4 Å². The van der Waals surface area contributed by atoms with Crippen molar-refractivity contribution in [2.75, 3.05) is 0 Å². The summed E-state index contributed by atoms with van der Waals surface area (Å²) >= 11 is 0. The summed E-state index contributed by atoms with van der Waals surface area (Å²) in [5.41, 5.74) is 3.52. The molecule has 1 heterocycles. The summed E-state index contributed by atoms with van der Waals surface area (Å²) in [5, 5.41) is 0. The van der Waals surface area contributed by atoms with Crippen molar-refractivity contribution in [1.82, 2.24) is 4.31 Å². The first kappa shape index (κ1) is 17.2. The Hall–Kier alpha value is -1.13. The minimum Gasteiger partial charge on any atom is -0.207 e. The van der Waals surface area contributed by atoms with Crippen LogP contribution in [0.25, 0.3) is 0 Å². The van der Waals surface area contributed by atoms with Crippen LogP contribution < -0.4 is 0 Å². The Balaban J connectivity index is 2.55. The molecule has 4 heteroatoms. The Labute approximate surface area is 135 Å². The molecule has 1 aliphatic rings. The van der Waals surface area contributed by atoms with Crippen molar-refractivity contribution in [1.29, 1.82) is 0 Å². The van der Waals surface area contributed by atoms with E-state index in [4.69, 9.17) is 0 Å². The maximum atomic E-state index is 13.2. The minimum absolute atomic E-state index is 0.0184. The van der Waals surface area contributed by atoms with Gasteiger partial charge in [-0.2, -0.15) is 4.31 Å². The summed E-state index contributed by atoms with van der Waals surface area (Å²) in [5.74, 6) is 0. The number of hydrogen-bond acceptors (Lipinski definition) is 2. The Morgan fingerprint density at radius 2 is 1.59 bits per heavy atom. The summed E-state index contributed by atoms with van der Waals surface area (Å²) in [4.78, 5) is 0.455. The van der Waals surface area contributed by atoms with Crippen molar-refractivity contribution >= 4 is 10.0 Å². The molecule has 1 aliphatic heterocycles. The van der Waals surface area contributed by atoms with E-state index in [1.54, 1.807) is 4.31 Å². The number of hydrogen-bond donors (Lipinski definition) is 0. The van der Waals surface area contributed by atoms with Crippen molar-refractivity contribution in [3.8, 4) is 0 Å². The Morgan fingerprint density at radius 3 is 1.91 bits per heavy atom. The van der Waals surface area contributed by atoms with E-state index in [9.17, 15) is 8.42 Å². The highest BCUT2D eigenvalue weighted by Gasteiger charge is 2.60. The first-order chi connectivity index (χ1) is 9.89. The van der Waals surface area contributed by atoms with E-state index >= 15 is 0 Å². The molecular formula is C18H27NO2S. The predicted molar refractivity (Wildman–Crippen MR) is 91.5 cm³/mol. The standard InChI is InChI=1S/C18H27NO2S/c1-11(2)15-17(18(6,7)8)19(15)22(20,21)16-13(4)9-12(3)10-14(16)5/h9-10,15,17H,1H2,2-8H3/t15-,17-,19?/m1/s1. The molecule has 0 amide bonds. The lowest BCUT2D eigenvalue weighted by atomic mass is 9.89. The van der Waals surface area contributed by atoms with E-state index in [0.717, 1.165) is 22.3 Å². The number of benzene rings is 1. The zero-order valence-corrected chi connectivity index (χ0v) is 15.5. The van der Waals surface area contributed by atoms with Crippen LogP contribution in [0.3, 0.4) is 0 Å². The number of aryl methyl sites for hydroxylation is 3. The molecule has 0 radical (unpaired) electrons. The molecule has 1 aromatic rings. The fourth-order valence-electron chi connectivity index (χ4n) is 3.53. The summed E-state index contributed by atoms with van der Waals surface area (Å²) < 4.78 is 28.0. The van der Waals surface area contributed by atoms with Crippen LogP contribution in [0.4, 0.5) is 0 Å². The number of rotatable bonds is 3. The molecule has 1 aromatic carbocycles. The number of nitrogens with zero attached hydrogens (tertiary/aromatic N) is 1. The molecule has 3 atom stereocenters. The van der Waals surface area contributed by atoms with E-state index in [-0.39, 0.29) is 17.5 Å². The lowest BCUT2D eigenvalue weighted by Crippen LogP contribution is -2.24. The second-order valence-electron chi connectivity index (χ2n) is 7.66. The molecule has 1 saturated heterocycles. The predicted octanol–water partition coefficient (Wildman–Crippen LogP) is 3.98. The van der Waals surface area contributed by atoms with Gasteiger partial charge in [-0.1, -0.05) is 50.6 Å². The third-order valence-electron chi connectivity index (χ3n) is 4.29. The Kier molecular flexibility index (Phi) is 4.08. The first-order valence-corrected chi connectivity index (χ1v) is 9.10. The molecule has 0 N–H and O–H groups in total. The fraction of sp³-hybridized carbons (Fsp3) is 0.556. The van der Waals surface area contributed by atoms with Gasteiger partial charge in [0.05, 0.1) is 17.0 Å². The summed E-state index contributed by atoms with van der Waals surface area (Å²) in [6.45, 7) is 17.9. The molecule has 0 bridgehead atoms. The summed E-state index contributed by atoms with van der Waals surface area (Å²) in [7, 11) is -3.50. The van der Waals surface area contributed by atoms with Crippen LogP contribution in [0.1, 0.15) is 44.4 Å². The lowest BCUT2D eigenvalue weighted by Gasteiger charge is -2.19.